The number of hydrogen-bond donors (Lipinski definition) is 1. The normalized spacial score (nSPS) is 13.3. The number of carbonyl (C=O) groups excluding carboxylic acids is 1. The van der Waals surface area contributed by atoms with E-state index in [2.05, 4.69) is 4.90 Å². The highest BCUT2D eigenvalue weighted by atomic mass is 16.5. The monoisotopic (exact) mass is 448 g/mol. The molecular weight excluding hydrogens is 420 g/mol. The number of nitrogens with zero attached hydrogens (tertiary/aromatic N) is 3. The van der Waals surface area contributed by atoms with E-state index < -0.39 is 11.2 Å². The fraction of sp³-hybridized carbons (Fsp3) is 0.320. The SMILES string of the molecule is COc1ccc(CN(CC(=O)c2c(N)n(Cc3ccccc3)c(=O)n(C)c2=O)C2CC2)cc1. The van der Waals surface area contributed by atoms with E-state index in [1.165, 1.54) is 11.6 Å². The summed E-state index contributed by atoms with van der Waals surface area (Å²) in [5, 5.41) is 0. The van der Waals surface area contributed by atoms with E-state index in [-0.39, 0.29) is 36.3 Å². The number of methoxy groups -OCH3 is 1. The van der Waals surface area contributed by atoms with Gasteiger partial charge in [-0.15, -0.1) is 0 Å². The van der Waals surface area contributed by atoms with Gasteiger partial charge in [-0.25, -0.2) is 4.79 Å². The third-order valence-corrected chi connectivity index (χ3v) is 6.00. The molecule has 172 valence electrons. The summed E-state index contributed by atoms with van der Waals surface area (Å²) in [6, 6.07) is 17.3. The van der Waals surface area contributed by atoms with Gasteiger partial charge < -0.3 is 10.5 Å². The number of nitrogen functional groups attached to an aromatic ring is 1. The fourth-order valence-corrected chi connectivity index (χ4v) is 3.95. The minimum absolute atomic E-state index is 0.0552. The smallest absolute Gasteiger partial charge is 0.332 e. The highest BCUT2D eigenvalue weighted by Crippen LogP contribution is 2.29. The minimum atomic E-state index is -0.660. The lowest BCUT2D eigenvalue weighted by atomic mass is 10.1. The third kappa shape index (κ3) is 4.90. The Morgan fingerprint density at radius 1 is 1.06 bits per heavy atom. The Balaban J connectivity index is 1.62. The highest BCUT2D eigenvalue weighted by Gasteiger charge is 2.32. The Morgan fingerprint density at radius 3 is 2.33 bits per heavy atom. The van der Waals surface area contributed by atoms with Gasteiger partial charge in [0.2, 0.25) is 0 Å². The molecule has 0 aliphatic heterocycles. The Bertz CT molecular complexity index is 1260. The van der Waals surface area contributed by atoms with Crippen molar-refractivity contribution in [2.45, 2.75) is 32.0 Å². The summed E-state index contributed by atoms with van der Waals surface area (Å²) in [6.45, 7) is 0.808. The predicted molar refractivity (Wildman–Crippen MR) is 127 cm³/mol. The molecule has 2 N–H and O–H groups in total. The Labute approximate surface area is 191 Å². The first-order chi connectivity index (χ1) is 15.9. The number of nitrogens with two attached hydrogens (primary N) is 1. The van der Waals surface area contributed by atoms with Gasteiger partial charge in [-0.05, 0) is 36.1 Å². The van der Waals surface area contributed by atoms with Gasteiger partial charge in [0.15, 0.2) is 5.78 Å². The van der Waals surface area contributed by atoms with Gasteiger partial charge in [0.1, 0.15) is 17.1 Å². The molecule has 1 aliphatic carbocycles. The van der Waals surface area contributed by atoms with Gasteiger partial charge in [-0.2, -0.15) is 0 Å². The average molecular weight is 449 g/mol. The lowest BCUT2D eigenvalue weighted by molar-refractivity contribution is 0.0917. The minimum Gasteiger partial charge on any atom is -0.497 e. The molecule has 1 aliphatic rings. The van der Waals surface area contributed by atoms with Gasteiger partial charge in [-0.3, -0.25) is 23.6 Å². The molecule has 3 aromatic rings. The largest absolute Gasteiger partial charge is 0.497 e. The topological polar surface area (TPSA) is 99.6 Å². The predicted octanol–water partition coefficient (Wildman–Crippen LogP) is 2.03. The Kier molecular flexibility index (Phi) is 6.46. The van der Waals surface area contributed by atoms with Gasteiger partial charge in [0, 0.05) is 19.6 Å². The lowest BCUT2D eigenvalue weighted by Gasteiger charge is -2.22. The van der Waals surface area contributed by atoms with Crippen LogP contribution in [0.25, 0.3) is 0 Å². The number of aromatic nitrogens is 2. The van der Waals surface area contributed by atoms with Crippen LogP contribution in [-0.4, -0.2) is 39.5 Å². The number of ether oxygens (including phenoxy) is 1. The van der Waals surface area contributed by atoms with Gasteiger partial charge in [-0.1, -0.05) is 42.5 Å². The van der Waals surface area contributed by atoms with E-state index >= 15 is 0 Å². The zero-order valence-electron chi connectivity index (χ0n) is 18.9. The van der Waals surface area contributed by atoms with Gasteiger partial charge in [0.05, 0.1) is 20.2 Å². The maximum Gasteiger partial charge on any atom is 0.332 e. The number of hydrogen-bond acceptors (Lipinski definition) is 6. The molecular formula is C25H28N4O4. The molecule has 0 saturated heterocycles. The summed E-state index contributed by atoms with van der Waals surface area (Å²) in [7, 11) is 2.99. The Morgan fingerprint density at radius 2 is 1.73 bits per heavy atom. The number of ketones is 1. The number of carbonyl (C=O) groups is 1. The zero-order chi connectivity index (χ0) is 23.5. The van der Waals surface area contributed by atoms with E-state index in [1.807, 2.05) is 54.6 Å². The maximum atomic E-state index is 13.3. The molecule has 33 heavy (non-hydrogen) atoms. The maximum absolute atomic E-state index is 13.3. The van der Waals surface area contributed by atoms with Crippen molar-refractivity contribution >= 4 is 11.6 Å². The summed E-state index contributed by atoms with van der Waals surface area (Å²) in [5.41, 5.74) is 6.81. The molecule has 0 amide bonds. The standard InChI is InChI=1S/C25H28N4O4/c1-27-24(31)22(23(26)29(25(27)32)15-17-6-4-3-5-7-17)21(30)16-28(19-10-11-19)14-18-8-12-20(33-2)13-9-18/h3-9,12-13,19H,10-11,14-16,26H2,1-2H3. The molecule has 8 nitrogen and oxygen atoms in total. The highest BCUT2D eigenvalue weighted by molar-refractivity contribution is 6.01. The van der Waals surface area contributed by atoms with Crippen molar-refractivity contribution in [1.82, 2.24) is 14.0 Å². The van der Waals surface area contributed by atoms with Crippen LogP contribution in [0, 0.1) is 0 Å². The van der Waals surface area contributed by atoms with Crippen molar-refractivity contribution in [3.8, 4) is 5.75 Å². The lowest BCUT2D eigenvalue weighted by Crippen LogP contribution is -2.44. The molecule has 1 aromatic heterocycles. The summed E-state index contributed by atoms with van der Waals surface area (Å²) in [5.74, 6) is 0.303. The van der Waals surface area contributed by atoms with Crippen LogP contribution in [0.15, 0.2) is 64.2 Å². The molecule has 1 saturated carbocycles. The summed E-state index contributed by atoms with van der Waals surface area (Å²) < 4.78 is 7.45. The molecule has 1 fully saturated rings. The van der Waals surface area contributed by atoms with Gasteiger partial charge >= 0.3 is 5.69 Å². The summed E-state index contributed by atoms with van der Waals surface area (Å²) in [6.07, 6.45) is 2.01. The average Bonchev–Trinajstić information content (AvgIpc) is 3.67. The second-order valence-electron chi connectivity index (χ2n) is 8.39. The summed E-state index contributed by atoms with van der Waals surface area (Å²) >= 11 is 0. The molecule has 1 heterocycles. The van der Waals surface area contributed by atoms with Crippen LogP contribution in [0.2, 0.25) is 0 Å². The molecule has 4 rings (SSSR count). The fourth-order valence-electron chi connectivity index (χ4n) is 3.95. The van der Waals surface area contributed by atoms with Crippen molar-refractivity contribution in [3.63, 3.8) is 0 Å². The molecule has 0 radical (unpaired) electrons. The van der Waals surface area contributed by atoms with Crippen LogP contribution < -0.4 is 21.7 Å². The Hall–Kier alpha value is -3.65. The molecule has 8 heteroatoms. The molecule has 0 atom stereocenters. The van der Waals surface area contributed by atoms with Crippen LogP contribution in [0.1, 0.15) is 34.3 Å². The van der Waals surface area contributed by atoms with Crippen LogP contribution in [-0.2, 0) is 20.1 Å². The second kappa shape index (κ2) is 9.46. The van der Waals surface area contributed by atoms with Crippen molar-refractivity contribution in [1.29, 1.82) is 0 Å². The first kappa shape index (κ1) is 22.5. The second-order valence-corrected chi connectivity index (χ2v) is 8.39. The molecule has 0 spiro atoms. The van der Waals surface area contributed by atoms with E-state index in [0.717, 1.165) is 34.3 Å². The number of rotatable bonds is 9. The van der Waals surface area contributed by atoms with E-state index in [1.54, 1.807) is 7.11 Å². The van der Waals surface area contributed by atoms with Crippen LogP contribution in [0.5, 0.6) is 5.75 Å². The first-order valence-corrected chi connectivity index (χ1v) is 10.9. The molecule has 0 bridgehead atoms. The van der Waals surface area contributed by atoms with E-state index in [0.29, 0.717) is 6.54 Å². The van der Waals surface area contributed by atoms with Crippen LogP contribution >= 0.6 is 0 Å². The molecule has 0 unspecified atom stereocenters. The number of anilines is 1. The molecule has 2 aromatic carbocycles. The van der Waals surface area contributed by atoms with Crippen LogP contribution in [0.3, 0.4) is 0 Å². The van der Waals surface area contributed by atoms with Crippen molar-refractivity contribution in [3.05, 3.63) is 92.1 Å². The number of Topliss-reactive ketones (excluding diaryl/α,β-unsaturated/α-hetero) is 1. The third-order valence-electron chi connectivity index (χ3n) is 6.00. The van der Waals surface area contributed by atoms with E-state index in [4.69, 9.17) is 10.5 Å². The first-order valence-electron chi connectivity index (χ1n) is 10.9. The van der Waals surface area contributed by atoms with Crippen LogP contribution in [0.4, 0.5) is 5.82 Å². The van der Waals surface area contributed by atoms with Crippen molar-refractivity contribution in [2.24, 2.45) is 7.05 Å². The van der Waals surface area contributed by atoms with Crippen molar-refractivity contribution in [2.75, 3.05) is 19.4 Å². The van der Waals surface area contributed by atoms with Crippen molar-refractivity contribution < 1.29 is 9.53 Å². The zero-order valence-corrected chi connectivity index (χ0v) is 18.9. The quantitative estimate of drug-likeness (QED) is 0.503. The van der Waals surface area contributed by atoms with E-state index in [9.17, 15) is 14.4 Å². The van der Waals surface area contributed by atoms with Gasteiger partial charge in [0.25, 0.3) is 5.56 Å². The summed E-state index contributed by atoms with van der Waals surface area (Å²) in [4.78, 5) is 41.0. The number of benzene rings is 2.